The zero-order valence-corrected chi connectivity index (χ0v) is 14.7. The summed E-state index contributed by atoms with van der Waals surface area (Å²) in [5.41, 5.74) is 2.04. The van der Waals surface area contributed by atoms with Gasteiger partial charge in [0, 0.05) is 25.2 Å². The first-order valence-corrected chi connectivity index (χ1v) is 9.50. The molecule has 1 atom stereocenters. The number of aliphatic hydroxyl groups is 1. The molecular weight excluding hydrogens is 342 g/mol. The lowest BCUT2D eigenvalue weighted by atomic mass is 10.00. The second kappa shape index (κ2) is 6.95. The highest BCUT2D eigenvalue weighted by Gasteiger charge is 2.20. The van der Waals surface area contributed by atoms with Gasteiger partial charge in [-0.1, -0.05) is 6.07 Å². The third-order valence-electron chi connectivity index (χ3n) is 4.16. The number of nitrogens with two attached hydrogens (primary N) is 1. The summed E-state index contributed by atoms with van der Waals surface area (Å²) in [5, 5.41) is 17.5. The maximum atomic E-state index is 11.6. The number of benzene rings is 1. The van der Waals surface area contributed by atoms with Gasteiger partial charge in [-0.2, -0.15) is 0 Å². The number of aliphatic hydroxyl groups excluding tert-OH is 1. The van der Waals surface area contributed by atoms with E-state index in [-0.39, 0.29) is 17.5 Å². The summed E-state index contributed by atoms with van der Waals surface area (Å²) in [6.07, 6.45) is 2.26. The fourth-order valence-corrected chi connectivity index (χ4v) is 3.37. The predicted octanol–water partition coefficient (Wildman–Crippen LogP) is 0.479. The third-order valence-corrected chi connectivity index (χ3v) is 5.07. The molecule has 2 heterocycles. The molecule has 8 nitrogen and oxygen atoms in total. The van der Waals surface area contributed by atoms with Crippen LogP contribution >= 0.6 is 0 Å². The van der Waals surface area contributed by atoms with Crippen LogP contribution in [0.1, 0.15) is 18.1 Å². The smallest absolute Gasteiger partial charge is 0.238 e. The lowest BCUT2D eigenvalue weighted by Crippen LogP contribution is -2.31. The van der Waals surface area contributed by atoms with E-state index in [0.717, 1.165) is 29.9 Å². The highest BCUT2D eigenvalue weighted by atomic mass is 32.2. The summed E-state index contributed by atoms with van der Waals surface area (Å²) in [6, 6.07) is 6.71. The molecule has 0 saturated heterocycles. The van der Waals surface area contributed by atoms with Gasteiger partial charge in [0.15, 0.2) is 0 Å². The van der Waals surface area contributed by atoms with Crippen molar-refractivity contribution in [3.05, 3.63) is 41.7 Å². The first-order valence-electron chi connectivity index (χ1n) is 7.96. The van der Waals surface area contributed by atoms with Crippen LogP contribution < -0.4 is 15.4 Å². The Morgan fingerprint density at radius 3 is 2.84 bits per heavy atom. The Hall–Kier alpha value is -2.23. The Kier molecular flexibility index (Phi) is 4.89. The fraction of sp³-hybridized carbons (Fsp3) is 0.375. The van der Waals surface area contributed by atoms with Crippen molar-refractivity contribution in [2.75, 3.05) is 23.4 Å². The molecule has 0 aliphatic carbocycles. The lowest BCUT2D eigenvalue weighted by Gasteiger charge is -2.30. The number of rotatable bonds is 5. The molecule has 0 unspecified atom stereocenters. The van der Waals surface area contributed by atoms with Crippen LogP contribution in [-0.4, -0.2) is 42.7 Å². The Balaban J connectivity index is 1.84. The number of primary sulfonamides is 1. The van der Waals surface area contributed by atoms with Crippen LogP contribution in [0.4, 0.5) is 11.6 Å². The van der Waals surface area contributed by atoms with Gasteiger partial charge < -0.3 is 15.3 Å². The summed E-state index contributed by atoms with van der Waals surface area (Å²) >= 11 is 0. The second-order valence-electron chi connectivity index (χ2n) is 6.14. The molecule has 0 bridgehead atoms. The maximum Gasteiger partial charge on any atom is 0.238 e. The Morgan fingerprint density at radius 2 is 2.12 bits per heavy atom. The normalized spacial score (nSPS) is 15.6. The van der Waals surface area contributed by atoms with Gasteiger partial charge in [-0.15, -0.1) is 0 Å². The molecule has 1 aliphatic rings. The van der Waals surface area contributed by atoms with Crippen LogP contribution in [0.5, 0.6) is 0 Å². The van der Waals surface area contributed by atoms with E-state index in [4.69, 9.17) is 10.2 Å². The monoisotopic (exact) mass is 363 g/mol. The van der Waals surface area contributed by atoms with E-state index in [1.54, 1.807) is 12.1 Å². The van der Waals surface area contributed by atoms with Crippen molar-refractivity contribution < 1.29 is 13.5 Å². The average Bonchev–Trinajstić information content (AvgIpc) is 2.60. The molecule has 0 spiro atoms. The number of anilines is 2. The van der Waals surface area contributed by atoms with Gasteiger partial charge in [-0.3, -0.25) is 0 Å². The zero-order valence-electron chi connectivity index (χ0n) is 13.9. The van der Waals surface area contributed by atoms with Crippen molar-refractivity contribution in [3.63, 3.8) is 0 Å². The van der Waals surface area contributed by atoms with Gasteiger partial charge in [0.05, 0.1) is 11.5 Å². The molecule has 4 N–H and O–H groups in total. The average molecular weight is 363 g/mol. The van der Waals surface area contributed by atoms with Crippen molar-refractivity contribution in [3.8, 4) is 0 Å². The standard InChI is InChI=1S/C16H21N5O3S/c1-11(9-22)20-15-7-16(19-10-18-15)21-5-4-12-2-3-14(25(17,23)24)6-13(12)8-21/h2-3,6-7,10-11,22H,4-5,8-9H2,1H3,(H2,17,23,24)(H,18,19,20)/t11-/m1/s1. The largest absolute Gasteiger partial charge is 0.394 e. The molecule has 1 aromatic heterocycles. The molecule has 9 heteroatoms. The van der Waals surface area contributed by atoms with E-state index in [9.17, 15) is 8.42 Å². The van der Waals surface area contributed by atoms with E-state index in [1.165, 1.54) is 6.33 Å². The van der Waals surface area contributed by atoms with E-state index in [1.807, 2.05) is 19.1 Å². The maximum absolute atomic E-state index is 11.6. The van der Waals surface area contributed by atoms with Gasteiger partial charge in [-0.25, -0.2) is 23.5 Å². The van der Waals surface area contributed by atoms with E-state index < -0.39 is 10.0 Å². The first-order chi connectivity index (χ1) is 11.9. The molecule has 0 radical (unpaired) electrons. The minimum absolute atomic E-state index is 0.00671. The molecular formula is C16H21N5O3S. The molecule has 0 fully saturated rings. The van der Waals surface area contributed by atoms with Crippen LogP contribution in [0, 0.1) is 0 Å². The van der Waals surface area contributed by atoms with Gasteiger partial charge in [0.2, 0.25) is 10.0 Å². The Morgan fingerprint density at radius 1 is 1.32 bits per heavy atom. The Bertz CT molecular complexity index is 872. The van der Waals surface area contributed by atoms with E-state index in [0.29, 0.717) is 12.4 Å². The molecule has 3 rings (SSSR count). The molecule has 25 heavy (non-hydrogen) atoms. The fourth-order valence-electron chi connectivity index (χ4n) is 2.80. The van der Waals surface area contributed by atoms with E-state index >= 15 is 0 Å². The van der Waals surface area contributed by atoms with Gasteiger partial charge >= 0.3 is 0 Å². The highest BCUT2D eigenvalue weighted by molar-refractivity contribution is 7.89. The number of hydrogen-bond donors (Lipinski definition) is 3. The Labute approximate surface area is 146 Å². The molecule has 1 aromatic carbocycles. The SMILES string of the molecule is C[C@H](CO)Nc1cc(N2CCc3ccc(S(N)(=O)=O)cc3C2)ncn1. The summed E-state index contributed by atoms with van der Waals surface area (Å²) in [7, 11) is -3.72. The van der Waals surface area contributed by atoms with Crippen LogP contribution in [0.3, 0.4) is 0 Å². The number of aromatic nitrogens is 2. The van der Waals surface area contributed by atoms with Crippen LogP contribution in [-0.2, 0) is 23.0 Å². The van der Waals surface area contributed by atoms with Gasteiger partial charge in [-0.05, 0) is 36.6 Å². The van der Waals surface area contributed by atoms with Crippen molar-refractivity contribution in [2.45, 2.75) is 30.8 Å². The summed E-state index contributed by atoms with van der Waals surface area (Å²) in [5.74, 6) is 1.38. The quantitative estimate of drug-likeness (QED) is 0.706. The number of fused-ring (bicyclic) bond motifs is 1. The second-order valence-corrected chi connectivity index (χ2v) is 7.70. The van der Waals surface area contributed by atoms with Gasteiger partial charge in [0.25, 0.3) is 0 Å². The molecule has 134 valence electrons. The summed E-state index contributed by atoms with van der Waals surface area (Å²) in [6.45, 7) is 3.18. The van der Waals surface area contributed by atoms with E-state index in [2.05, 4.69) is 20.2 Å². The lowest BCUT2D eigenvalue weighted by molar-refractivity contribution is 0.281. The van der Waals surface area contributed by atoms with Crippen molar-refractivity contribution >= 4 is 21.7 Å². The topological polar surface area (TPSA) is 121 Å². The van der Waals surface area contributed by atoms with Crippen LogP contribution in [0.25, 0.3) is 0 Å². The minimum atomic E-state index is -3.72. The summed E-state index contributed by atoms with van der Waals surface area (Å²) in [4.78, 5) is 10.6. The first kappa shape index (κ1) is 17.6. The predicted molar refractivity (Wildman–Crippen MR) is 94.8 cm³/mol. The van der Waals surface area contributed by atoms with Crippen LogP contribution in [0.2, 0.25) is 0 Å². The molecule has 0 amide bonds. The van der Waals surface area contributed by atoms with Crippen molar-refractivity contribution in [1.82, 2.24) is 9.97 Å². The number of hydrogen-bond acceptors (Lipinski definition) is 7. The third kappa shape index (κ3) is 4.06. The summed E-state index contributed by atoms with van der Waals surface area (Å²) < 4.78 is 23.1. The van der Waals surface area contributed by atoms with Crippen molar-refractivity contribution in [1.29, 1.82) is 0 Å². The number of nitrogens with zero attached hydrogens (tertiary/aromatic N) is 3. The number of sulfonamides is 1. The molecule has 0 saturated carbocycles. The van der Waals surface area contributed by atoms with Crippen LogP contribution in [0.15, 0.2) is 35.5 Å². The highest BCUT2D eigenvalue weighted by Crippen LogP contribution is 2.26. The molecule has 2 aromatic rings. The van der Waals surface area contributed by atoms with Gasteiger partial charge in [0.1, 0.15) is 18.0 Å². The minimum Gasteiger partial charge on any atom is -0.394 e. The zero-order chi connectivity index (χ0) is 18.0. The number of nitrogens with one attached hydrogen (secondary N) is 1. The van der Waals surface area contributed by atoms with Crippen molar-refractivity contribution in [2.24, 2.45) is 5.14 Å². The molecule has 1 aliphatic heterocycles.